The Hall–Kier alpha value is -1.76. The molecule has 0 heterocycles. The predicted molar refractivity (Wildman–Crippen MR) is 109 cm³/mol. The molecule has 4 rings (SSSR count). The van der Waals surface area contributed by atoms with Crippen molar-refractivity contribution < 1.29 is 0 Å². The van der Waals surface area contributed by atoms with Crippen molar-refractivity contribution in [1.29, 1.82) is 0 Å². The van der Waals surface area contributed by atoms with Gasteiger partial charge in [-0.15, -0.1) is 0 Å². The van der Waals surface area contributed by atoms with Crippen LogP contribution < -0.4 is 4.90 Å². The van der Waals surface area contributed by atoms with Crippen LogP contribution in [0.15, 0.2) is 36.4 Å². The Bertz CT molecular complexity index is 800. The van der Waals surface area contributed by atoms with Crippen LogP contribution in [0.1, 0.15) is 69.1 Å². The molecule has 2 aliphatic rings. The van der Waals surface area contributed by atoms with Gasteiger partial charge in [0.15, 0.2) is 0 Å². The summed E-state index contributed by atoms with van der Waals surface area (Å²) in [6, 6.07) is 14.3. The van der Waals surface area contributed by atoms with Crippen LogP contribution in [-0.2, 0) is 5.41 Å². The van der Waals surface area contributed by atoms with Crippen molar-refractivity contribution >= 4 is 5.69 Å². The van der Waals surface area contributed by atoms with Crippen molar-refractivity contribution in [2.24, 2.45) is 5.92 Å². The molecule has 0 bridgehead atoms. The molecule has 0 amide bonds. The third-order valence-corrected chi connectivity index (χ3v) is 6.61. The first-order valence-corrected chi connectivity index (χ1v) is 9.84. The minimum absolute atomic E-state index is 0.0903. The summed E-state index contributed by atoms with van der Waals surface area (Å²) in [6.07, 6.45) is 5.52. The lowest BCUT2D eigenvalue weighted by atomic mass is 9.76. The van der Waals surface area contributed by atoms with Crippen LogP contribution in [0.2, 0.25) is 0 Å². The van der Waals surface area contributed by atoms with E-state index in [1.54, 1.807) is 5.56 Å². The molecule has 0 radical (unpaired) electrons. The van der Waals surface area contributed by atoms with E-state index in [0.717, 1.165) is 11.8 Å². The van der Waals surface area contributed by atoms with Crippen LogP contribution in [0.3, 0.4) is 0 Å². The molecule has 2 aromatic rings. The van der Waals surface area contributed by atoms with E-state index in [1.165, 1.54) is 53.6 Å². The summed E-state index contributed by atoms with van der Waals surface area (Å²) in [4.78, 5) is 2.20. The zero-order chi connectivity index (χ0) is 17.8. The molecular weight excluding hydrogens is 302 g/mol. The van der Waals surface area contributed by atoms with Gasteiger partial charge in [-0.3, -0.25) is 0 Å². The largest absolute Gasteiger partial charge is 0.378 e. The zero-order valence-electron chi connectivity index (χ0n) is 16.4. The van der Waals surface area contributed by atoms with E-state index in [2.05, 4.69) is 76.2 Å². The molecule has 0 spiro atoms. The summed E-state index contributed by atoms with van der Waals surface area (Å²) >= 11 is 0. The van der Waals surface area contributed by atoms with Crippen molar-refractivity contribution in [3.63, 3.8) is 0 Å². The summed E-state index contributed by atoms with van der Waals surface area (Å²) in [5.74, 6) is 1.63. The van der Waals surface area contributed by atoms with Crippen LogP contribution in [0.5, 0.6) is 0 Å². The van der Waals surface area contributed by atoms with Gasteiger partial charge in [0.25, 0.3) is 0 Å². The van der Waals surface area contributed by atoms with Crippen LogP contribution in [0.4, 0.5) is 5.69 Å². The number of benzene rings is 2. The number of anilines is 1. The smallest absolute Gasteiger partial charge is 0.0364 e. The second-order valence-corrected chi connectivity index (χ2v) is 9.02. The Kier molecular flexibility index (Phi) is 3.94. The quantitative estimate of drug-likeness (QED) is 0.618. The monoisotopic (exact) mass is 333 g/mol. The van der Waals surface area contributed by atoms with Gasteiger partial charge in [-0.25, -0.2) is 0 Å². The third kappa shape index (κ3) is 2.69. The molecule has 1 fully saturated rings. The van der Waals surface area contributed by atoms with Crippen molar-refractivity contribution in [1.82, 2.24) is 0 Å². The summed E-state index contributed by atoms with van der Waals surface area (Å²) in [6.45, 7) is 7.21. The number of rotatable bonds is 2. The molecule has 1 saturated carbocycles. The van der Waals surface area contributed by atoms with E-state index in [-0.39, 0.29) is 5.41 Å². The van der Waals surface area contributed by atoms with Crippen molar-refractivity contribution in [2.75, 3.05) is 19.0 Å². The number of nitrogens with zero attached hydrogens (tertiary/aromatic N) is 1. The van der Waals surface area contributed by atoms with Crippen LogP contribution >= 0.6 is 0 Å². The fourth-order valence-corrected chi connectivity index (χ4v) is 5.01. The van der Waals surface area contributed by atoms with Gasteiger partial charge in [-0.05, 0) is 64.6 Å². The van der Waals surface area contributed by atoms with Gasteiger partial charge < -0.3 is 4.90 Å². The Labute approximate surface area is 153 Å². The number of fused-ring (bicyclic) bond motifs is 3. The van der Waals surface area contributed by atoms with Gasteiger partial charge >= 0.3 is 0 Å². The van der Waals surface area contributed by atoms with Gasteiger partial charge in [-0.1, -0.05) is 57.9 Å². The lowest BCUT2D eigenvalue weighted by Gasteiger charge is -2.29. The SMILES string of the molecule is CC1CCCC(c2ccc3c(c2)C(C)(C)c2cc(N(C)C)ccc2-3)C1. The second-order valence-electron chi connectivity index (χ2n) is 9.02. The molecule has 0 saturated heterocycles. The summed E-state index contributed by atoms with van der Waals surface area (Å²) < 4.78 is 0. The average Bonchev–Trinajstić information content (AvgIpc) is 2.82. The molecular formula is C24H31N. The number of hydrogen-bond donors (Lipinski definition) is 0. The lowest BCUT2D eigenvalue weighted by molar-refractivity contribution is 0.344. The molecule has 0 aromatic heterocycles. The summed E-state index contributed by atoms with van der Waals surface area (Å²) in [7, 11) is 4.25. The minimum atomic E-state index is 0.0903. The highest BCUT2D eigenvalue weighted by Crippen LogP contribution is 2.50. The molecule has 2 aromatic carbocycles. The van der Waals surface area contributed by atoms with Gasteiger partial charge in [0, 0.05) is 25.2 Å². The van der Waals surface area contributed by atoms with E-state index >= 15 is 0 Å². The molecule has 132 valence electrons. The van der Waals surface area contributed by atoms with Crippen molar-refractivity contribution in [3.05, 3.63) is 53.1 Å². The summed E-state index contributed by atoms with van der Waals surface area (Å²) in [5.41, 5.74) is 8.82. The molecule has 2 unspecified atom stereocenters. The average molecular weight is 334 g/mol. The van der Waals surface area contributed by atoms with E-state index in [9.17, 15) is 0 Å². The maximum absolute atomic E-state index is 2.54. The van der Waals surface area contributed by atoms with Crippen LogP contribution in [0.25, 0.3) is 11.1 Å². The standard InChI is InChI=1S/C24H31N/c1-16-7-6-8-17(13-16)18-9-11-20-21-12-10-19(25(4)5)15-23(21)24(2,3)22(20)14-18/h9-12,14-17H,6-8,13H2,1-5H3. The first-order chi connectivity index (χ1) is 11.9. The fourth-order valence-electron chi connectivity index (χ4n) is 5.01. The maximum atomic E-state index is 2.54. The molecule has 1 nitrogen and oxygen atoms in total. The van der Waals surface area contributed by atoms with Crippen molar-refractivity contribution in [3.8, 4) is 11.1 Å². The topological polar surface area (TPSA) is 3.24 Å². The Balaban J connectivity index is 1.77. The second kappa shape index (κ2) is 5.90. The number of hydrogen-bond acceptors (Lipinski definition) is 1. The molecule has 25 heavy (non-hydrogen) atoms. The first kappa shape index (κ1) is 16.7. The zero-order valence-corrected chi connectivity index (χ0v) is 16.4. The molecule has 2 aliphatic carbocycles. The lowest BCUT2D eigenvalue weighted by Crippen LogP contribution is -2.17. The Morgan fingerprint density at radius 1 is 0.920 bits per heavy atom. The molecule has 1 heteroatoms. The Morgan fingerprint density at radius 3 is 2.28 bits per heavy atom. The van der Waals surface area contributed by atoms with E-state index in [0.29, 0.717) is 0 Å². The van der Waals surface area contributed by atoms with Gasteiger partial charge in [0.1, 0.15) is 0 Å². The molecule has 0 aliphatic heterocycles. The van der Waals surface area contributed by atoms with Gasteiger partial charge in [0.05, 0.1) is 0 Å². The minimum Gasteiger partial charge on any atom is -0.378 e. The van der Waals surface area contributed by atoms with Crippen molar-refractivity contribution in [2.45, 2.75) is 57.8 Å². The highest BCUT2D eigenvalue weighted by molar-refractivity contribution is 5.82. The third-order valence-electron chi connectivity index (χ3n) is 6.61. The van der Waals surface area contributed by atoms with Gasteiger partial charge in [0.2, 0.25) is 0 Å². The normalized spacial score (nSPS) is 23.9. The first-order valence-electron chi connectivity index (χ1n) is 9.84. The van der Waals surface area contributed by atoms with E-state index < -0.39 is 0 Å². The molecule has 0 N–H and O–H groups in total. The van der Waals surface area contributed by atoms with Crippen LogP contribution in [-0.4, -0.2) is 14.1 Å². The summed E-state index contributed by atoms with van der Waals surface area (Å²) in [5, 5.41) is 0. The molecule has 2 atom stereocenters. The maximum Gasteiger partial charge on any atom is 0.0364 e. The predicted octanol–water partition coefficient (Wildman–Crippen LogP) is 6.35. The van der Waals surface area contributed by atoms with Crippen LogP contribution in [0, 0.1) is 5.92 Å². The van der Waals surface area contributed by atoms with E-state index in [1.807, 2.05) is 0 Å². The highest BCUT2D eigenvalue weighted by Gasteiger charge is 2.36. The highest BCUT2D eigenvalue weighted by atomic mass is 15.1. The Morgan fingerprint density at radius 2 is 1.60 bits per heavy atom. The fraction of sp³-hybridized carbons (Fsp3) is 0.500. The van der Waals surface area contributed by atoms with E-state index in [4.69, 9.17) is 0 Å². The van der Waals surface area contributed by atoms with Gasteiger partial charge in [-0.2, -0.15) is 0 Å².